The van der Waals surface area contributed by atoms with Gasteiger partial charge in [-0.2, -0.15) is 0 Å². The maximum Gasteiger partial charge on any atom is 0.307 e. The van der Waals surface area contributed by atoms with Gasteiger partial charge < -0.3 is 10.1 Å². The van der Waals surface area contributed by atoms with Gasteiger partial charge >= 0.3 is 5.97 Å². The molecule has 1 fully saturated rings. The van der Waals surface area contributed by atoms with Gasteiger partial charge in [0, 0.05) is 11.1 Å². The number of rotatable bonds is 5. The predicted molar refractivity (Wildman–Crippen MR) is 77.1 cm³/mol. The third-order valence-electron chi connectivity index (χ3n) is 3.30. The molecule has 108 valence electrons. The van der Waals surface area contributed by atoms with E-state index in [0.29, 0.717) is 21.5 Å². The van der Waals surface area contributed by atoms with Gasteiger partial charge in [-0.05, 0) is 37.0 Å². The van der Waals surface area contributed by atoms with E-state index in [1.165, 1.54) is 13.2 Å². The van der Waals surface area contributed by atoms with E-state index < -0.39 is 0 Å². The van der Waals surface area contributed by atoms with Crippen LogP contribution in [0.3, 0.4) is 0 Å². The van der Waals surface area contributed by atoms with Crippen molar-refractivity contribution in [1.82, 2.24) is 5.32 Å². The van der Waals surface area contributed by atoms with Crippen LogP contribution in [0.1, 0.15) is 29.6 Å². The number of benzene rings is 1. The number of halogens is 2. The van der Waals surface area contributed by atoms with Crippen LogP contribution in [-0.2, 0) is 9.53 Å². The third kappa shape index (κ3) is 3.87. The zero-order valence-electron chi connectivity index (χ0n) is 11.0. The average molecular weight is 316 g/mol. The zero-order chi connectivity index (χ0) is 14.7. The average Bonchev–Trinajstić information content (AvgIpc) is 3.21. The number of carbonyl (C=O) groups is 2. The van der Waals surface area contributed by atoms with Crippen molar-refractivity contribution in [2.75, 3.05) is 7.11 Å². The van der Waals surface area contributed by atoms with Gasteiger partial charge in [-0.25, -0.2) is 0 Å². The van der Waals surface area contributed by atoms with Crippen LogP contribution in [-0.4, -0.2) is 25.0 Å². The van der Waals surface area contributed by atoms with Gasteiger partial charge in [0.05, 0.1) is 24.1 Å². The lowest BCUT2D eigenvalue weighted by Gasteiger charge is -2.17. The van der Waals surface area contributed by atoms with E-state index in [1.807, 2.05) is 0 Å². The lowest BCUT2D eigenvalue weighted by atomic mass is 10.1. The molecule has 1 aliphatic carbocycles. The Morgan fingerprint density at radius 1 is 1.40 bits per heavy atom. The van der Waals surface area contributed by atoms with Crippen LogP contribution < -0.4 is 5.32 Å². The van der Waals surface area contributed by atoms with E-state index in [-0.39, 0.29) is 24.3 Å². The highest BCUT2D eigenvalue weighted by Gasteiger charge is 2.34. The van der Waals surface area contributed by atoms with Gasteiger partial charge in [0.2, 0.25) is 0 Å². The Labute approximate surface area is 127 Å². The highest BCUT2D eigenvalue weighted by molar-refractivity contribution is 6.36. The van der Waals surface area contributed by atoms with E-state index in [2.05, 4.69) is 10.1 Å². The summed E-state index contributed by atoms with van der Waals surface area (Å²) in [7, 11) is 1.34. The molecule has 1 saturated carbocycles. The molecule has 1 aromatic carbocycles. The fourth-order valence-electron chi connectivity index (χ4n) is 2.02. The van der Waals surface area contributed by atoms with Gasteiger partial charge in [0.25, 0.3) is 5.91 Å². The van der Waals surface area contributed by atoms with E-state index in [0.717, 1.165) is 12.8 Å². The molecule has 1 atom stereocenters. The Balaban J connectivity index is 2.06. The Morgan fingerprint density at radius 3 is 2.65 bits per heavy atom. The maximum atomic E-state index is 12.2. The summed E-state index contributed by atoms with van der Waals surface area (Å²) in [5.74, 6) is -0.291. The maximum absolute atomic E-state index is 12.2. The van der Waals surface area contributed by atoms with Crippen LogP contribution >= 0.6 is 23.2 Å². The topological polar surface area (TPSA) is 55.4 Å². The molecule has 0 spiro atoms. The van der Waals surface area contributed by atoms with E-state index in [4.69, 9.17) is 23.2 Å². The smallest absolute Gasteiger partial charge is 0.307 e. The molecule has 1 amide bonds. The molecule has 0 unspecified atom stereocenters. The number of hydrogen-bond acceptors (Lipinski definition) is 3. The highest BCUT2D eigenvalue weighted by Crippen LogP contribution is 2.34. The van der Waals surface area contributed by atoms with Crippen molar-refractivity contribution in [2.45, 2.75) is 25.3 Å². The normalized spacial score (nSPS) is 15.6. The standard InChI is InChI=1S/C14H15Cl2NO3/c1-20-13(18)7-12(8-2-3-8)17-14(19)10-5-4-9(15)6-11(10)16/h4-6,8,12H,2-3,7H2,1H3,(H,17,19)/t12-/m1/s1. The number of nitrogens with one attached hydrogen (secondary N) is 1. The van der Waals surface area contributed by atoms with Crippen LogP contribution in [0, 0.1) is 5.92 Å². The van der Waals surface area contributed by atoms with Crippen molar-refractivity contribution in [3.05, 3.63) is 33.8 Å². The molecule has 0 radical (unpaired) electrons. The summed E-state index contributed by atoms with van der Waals surface area (Å²) < 4.78 is 4.65. The predicted octanol–water partition coefficient (Wildman–Crippen LogP) is 3.06. The summed E-state index contributed by atoms with van der Waals surface area (Å²) in [6, 6.07) is 4.49. The largest absolute Gasteiger partial charge is 0.469 e. The van der Waals surface area contributed by atoms with Crippen molar-refractivity contribution in [3.63, 3.8) is 0 Å². The molecule has 2 rings (SSSR count). The molecule has 1 N–H and O–H groups in total. The molecule has 0 heterocycles. The second-order valence-corrected chi connectivity index (χ2v) is 5.67. The van der Waals surface area contributed by atoms with Crippen LogP contribution in [0.5, 0.6) is 0 Å². The zero-order valence-corrected chi connectivity index (χ0v) is 12.5. The molecular formula is C14H15Cl2NO3. The summed E-state index contributed by atoms with van der Waals surface area (Å²) >= 11 is 11.8. The van der Waals surface area contributed by atoms with Crippen molar-refractivity contribution < 1.29 is 14.3 Å². The molecule has 4 nitrogen and oxygen atoms in total. The van der Waals surface area contributed by atoms with Crippen LogP contribution in [0.2, 0.25) is 10.0 Å². The molecular weight excluding hydrogens is 301 g/mol. The van der Waals surface area contributed by atoms with Crippen molar-refractivity contribution in [1.29, 1.82) is 0 Å². The van der Waals surface area contributed by atoms with Gasteiger partial charge in [0.1, 0.15) is 0 Å². The number of amides is 1. The first-order valence-electron chi connectivity index (χ1n) is 6.34. The van der Waals surface area contributed by atoms with Crippen molar-refractivity contribution in [2.24, 2.45) is 5.92 Å². The molecule has 6 heteroatoms. The quantitative estimate of drug-likeness (QED) is 0.850. The minimum atomic E-state index is -0.329. The lowest BCUT2D eigenvalue weighted by molar-refractivity contribution is -0.141. The van der Waals surface area contributed by atoms with Gasteiger partial charge in [-0.15, -0.1) is 0 Å². The third-order valence-corrected chi connectivity index (χ3v) is 3.85. The minimum Gasteiger partial charge on any atom is -0.469 e. The Hall–Kier alpha value is -1.26. The first-order chi connectivity index (χ1) is 9.51. The van der Waals surface area contributed by atoms with E-state index in [9.17, 15) is 9.59 Å². The van der Waals surface area contributed by atoms with Crippen molar-refractivity contribution >= 4 is 35.1 Å². The SMILES string of the molecule is COC(=O)C[C@@H](NC(=O)c1ccc(Cl)cc1Cl)C1CC1. The Bertz CT molecular complexity index is 529. The Morgan fingerprint density at radius 2 is 2.10 bits per heavy atom. The Kier molecular flexibility index (Phi) is 4.89. The molecule has 0 bridgehead atoms. The number of esters is 1. The summed E-state index contributed by atoms with van der Waals surface area (Å²) in [5, 5.41) is 3.62. The molecule has 0 aliphatic heterocycles. The second-order valence-electron chi connectivity index (χ2n) is 4.82. The second kappa shape index (κ2) is 6.46. The number of methoxy groups -OCH3 is 1. The van der Waals surface area contributed by atoms with E-state index in [1.54, 1.807) is 12.1 Å². The lowest BCUT2D eigenvalue weighted by Crippen LogP contribution is -2.38. The number of ether oxygens (including phenoxy) is 1. The number of carbonyl (C=O) groups excluding carboxylic acids is 2. The van der Waals surface area contributed by atoms with Crippen LogP contribution in [0.15, 0.2) is 18.2 Å². The molecule has 20 heavy (non-hydrogen) atoms. The highest BCUT2D eigenvalue weighted by atomic mass is 35.5. The first kappa shape index (κ1) is 15.1. The minimum absolute atomic E-state index is 0.179. The van der Waals surface area contributed by atoms with Crippen molar-refractivity contribution in [3.8, 4) is 0 Å². The monoisotopic (exact) mass is 315 g/mol. The first-order valence-corrected chi connectivity index (χ1v) is 7.09. The van der Waals surface area contributed by atoms with Crippen LogP contribution in [0.4, 0.5) is 0 Å². The van der Waals surface area contributed by atoms with Gasteiger partial charge in [-0.3, -0.25) is 9.59 Å². The van der Waals surface area contributed by atoms with Crippen LogP contribution in [0.25, 0.3) is 0 Å². The molecule has 1 aliphatic rings. The fourth-order valence-corrected chi connectivity index (χ4v) is 2.51. The summed E-state index contributed by atoms with van der Waals surface area (Å²) in [6.07, 6.45) is 2.20. The van der Waals surface area contributed by atoms with Gasteiger partial charge in [0.15, 0.2) is 0 Å². The summed E-state index contributed by atoms with van der Waals surface area (Å²) in [4.78, 5) is 23.6. The number of hydrogen-bond donors (Lipinski definition) is 1. The summed E-state index contributed by atoms with van der Waals surface area (Å²) in [6.45, 7) is 0. The van der Waals surface area contributed by atoms with Gasteiger partial charge in [-0.1, -0.05) is 23.2 Å². The summed E-state index contributed by atoms with van der Waals surface area (Å²) in [5.41, 5.74) is 0.353. The molecule has 1 aromatic rings. The fraction of sp³-hybridized carbons (Fsp3) is 0.429. The van der Waals surface area contributed by atoms with E-state index >= 15 is 0 Å². The molecule has 0 aromatic heterocycles. The molecule has 0 saturated heterocycles.